The number of nitrogens with zero attached hydrogens (tertiary/aromatic N) is 2. The van der Waals surface area contributed by atoms with Crippen molar-refractivity contribution in [3.05, 3.63) is 0 Å². The average Bonchev–Trinajstić information content (AvgIpc) is 2.80. The van der Waals surface area contributed by atoms with Crippen molar-refractivity contribution in [2.24, 2.45) is 62.1 Å². The fourth-order valence-electron chi connectivity index (χ4n) is 12.1. The molecule has 1 N–H and O–H groups in total. The molecule has 0 aliphatic heterocycles. The first-order chi connectivity index (χ1) is 16.3. The van der Waals surface area contributed by atoms with Gasteiger partial charge in [-0.1, -0.05) is 48.5 Å². The van der Waals surface area contributed by atoms with E-state index in [1.165, 1.54) is 44.9 Å². The Labute approximate surface area is 215 Å². The Balaban J connectivity index is 1.55. The number of fused-ring (bicyclic) bond motifs is 7. The van der Waals surface area contributed by atoms with Gasteiger partial charge in [0, 0.05) is 0 Å². The van der Waals surface area contributed by atoms with Crippen molar-refractivity contribution in [3.63, 3.8) is 0 Å². The normalized spacial score (nSPS) is 56.9. The first-order valence-electron chi connectivity index (χ1n) is 14.7. The number of nitriles is 2. The van der Waals surface area contributed by atoms with Gasteiger partial charge in [-0.05, 0) is 121 Å². The number of hydrogen-bond donors (Lipinski definition) is 1. The van der Waals surface area contributed by atoms with Crippen molar-refractivity contribution in [2.45, 2.75) is 125 Å². The van der Waals surface area contributed by atoms with Gasteiger partial charge in [-0.15, -0.1) is 0 Å². The van der Waals surface area contributed by atoms with Crippen LogP contribution in [0.2, 0.25) is 0 Å². The molecule has 5 rings (SSSR count). The number of rotatable bonds is 1. The van der Waals surface area contributed by atoms with Gasteiger partial charge in [0.2, 0.25) is 0 Å². The number of aliphatic hydroxyl groups is 1. The first kappa shape index (κ1) is 25.6. The molecule has 0 saturated heterocycles. The smallest absolute Gasteiger partial charge is 0.0732 e. The highest BCUT2D eigenvalue weighted by Gasteiger charge is 2.70. The minimum Gasteiger partial charge on any atom is -0.393 e. The molecule has 0 amide bonds. The molecule has 0 aromatic carbocycles. The standard InChI is InChI=1S/C32H50N2O/c1-21-26-22-8-9-24-29(5)12-11-25(35)27(2,3)23(29)10-13-31(24,7)30(22,6)16-14-28(26,4)15-17-32(21,20-34)18-19-33/h21-26,35H,8-18H2,1-7H3/t21?,22-,23?,24-,25?,26-,28+,29+,30-,31-,32?/m1/s1. The van der Waals surface area contributed by atoms with Gasteiger partial charge in [0.05, 0.1) is 30.1 Å². The van der Waals surface area contributed by atoms with E-state index in [2.05, 4.69) is 60.6 Å². The third-order valence-electron chi connectivity index (χ3n) is 14.5. The highest BCUT2D eigenvalue weighted by molar-refractivity contribution is 5.21. The van der Waals surface area contributed by atoms with Crippen LogP contribution in [0.3, 0.4) is 0 Å². The zero-order chi connectivity index (χ0) is 25.7. The largest absolute Gasteiger partial charge is 0.393 e. The molecule has 5 aliphatic rings. The van der Waals surface area contributed by atoms with Crippen LogP contribution >= 0.6 is 0 Å². The van der Waals surface area contributed by atoms with E-state index in [9.17, 15) is 15.6 Å². The van der Waals surface area contributed by atoms with Gasteiger partial charge in [-0.2, -0.15) is 10.5 Å². The quantitative estimate of drug-likeness (QED) is 0.416. The summed E-state index contributed by atoms with van der Waals surface area (Å²) in [5, 5.41) is 30.9. The SMILES string of the molecule is CC1[C@@H]2[C@H]3CC[C@@H]4[C@@]5(C)CCC(O)C(C)(C)C5CC[C@@]4(C)[C@]3(C)CC[C@@]2(C)CCC1(C#N)CC#N. The van der Waals surface area contributed by atoms with E-state index >= 15 is 0 Å². The Kier molecular flexibility index (Phi) is 5.65. The fraction of sp³-hybridized carbons (Fsp3) is 0.938. The summed E-state index contributed by atoms with van der Waals surface area (Å²) in [5.41, 5.74) is 0.734. The molecule has 11 atom stereocenters. The van der Waals surface area contributed by atoms with Crippen molar-refractivity contribution in [3.8, 4) is 12.1 Å². The Morgan fingerprint density at radius 3 is 2.11 bits per heavy atom. The summed E-state index contributed by atoms with van der Waals surface area (Å²) in [4.78, 5) is 0. The van der Waals surface area contributed by atoms with Gasteiger partial charge in [0.15, 0.2) is 0 Å². The Morgan fingerprint density at radius 1 is 0.771 bits per heavy atom. The van der Waals surface area contributed by atoms with Crippen LogP contribution in [0, 0.1) is 84.7 Å². The van der Waals surface area contributed by atoms with Crippen LogP contribution in [0.15, 0.2) is 0 Å². The van der Waals surface area contributed by atoms with Gasteiger partial charge < -0.3 is 5.11 Å². The predicted octanol–water partition coefficient (Wildman–Crippen LogP) is 7.89. The van der Waals surface area contributed by atoms with Crippen LogP contribution in [0.25, 0.3) is 0 Å². The zero-order valence-corrected chi connectivity index (χ0v) is 23.6. The van der Waals surface area contributed by atoms with Crippen LogP contribution in [0.1, 0.15) is 119 Å². The summed E-state index contributed by atoms with van der Waals surface area (Å²) in [6.07, 6.45) is 12.0. The minimum atomic E-state index is -0.470. The molecule has 0 aromatic rings. The molecule has 0 spiro atoms. The zero-order valence-electron chi connectivity index (χ0n) is 23.6. The van der Waals surface area contributed by atoms with Gasteiger partial charge in [0.1, 0.15) is 0 Å². The molecular formula is C32H50N2O. The maximum absolute atomic E-state index is 10.9. The molecule has 5 aliphatic carbocycles. The maximum atomic E-state index is 10.9. The molecule has 35 heavy (non-hydrogen) atoms. The molecule has 4 unspecified atom stereocenters. The first-order valence-corrected chi connectivity index (χ1v) is 14.7. The highest BCUT2D eigenvalue weighted by atomic mass is 16.3. The second-order valence-electron chi connectivity index (χ2n) is 15.6. The minimum absolute atomic E-state index is 0.00119. The van der Waals surface area contributed by atoms with E-state index < -0.39 is 5.41 Å². The van der Waals surface area contributed by atoms with Crippen LogP contribution in [-0.4, -0.2) is 11.2 Å². The third kappa shape index (κ3) is 3.03. The van der Waals surface area contributed by atoms with Gasteiger partial charge in [0.25, 0.3) is 0 Å². The van der Waals surface area contributed by atoms with Crippen molar-refractivity contribution >= 4 is 0 Å². The highest BCUT2D eigenvalue weighted by Crippen LogP contribution is 2.77. The van der Waals surface area contributed by atoms with Gasteiger partial charge in [-0.3, -0.25) is 0 Å². The van der Waals surface area contributed by atoms with E-state index in [1.54, 1.807) is 0 Å². The molecule has 0 bridgehead atoms. The summed E-state index contributed by atoms with van der Waals surface area (Å²) in [6.45, 7) is 17.4. The lowest BCUT2D eigenvalue weighted by molar-refractivity contribution is -0.258. The molecule has 0 heterocycles. The van der Waals surface area contributed by atoms with E-state index in [-0.39, 0.29) is 22.9 Å². The fourth-order valence-corrected chi connectivity index (χ4v) is 12.1. The monoisotopic (exact) mass is 478 g/mol. The summed E-state index contributed by atoms with van der Waals surface area (Å²) >= 11 is 0. The summed E-state index contributed by atoms with van der Waals surface area (Å²) in [6, 6.07) is 5.11. The number of aliphatic hydroxyl groups excluding tert-OH is 1. The Hall–Kier alpha value is -1.06. The van der Waals surface area contributed by atoms with E-state index in [4.69, 9.17) is 0 Å². The number of hydrogen-bond acceptors (Lipinski definition) is 3. The van der Waals surface area contributed by atoms with E-state index in [1.807, 2.05) is 0 Å². The van der Waals surface area contributed by atoms with Crippen molar-refractivity contribution < 1.29 is 5.11 Å². The molecule has 3 nitrogen and oxygen atoms in total. The van der Waals surface area contributed by atoms with E-state index in [0.717, 1.165) is 19.3 Å². The summed E-state index contributed by atoms with van der Waals surface area (Å²) in [5.74, 6) is 2.78. The summed E-state index contributed by atoms with van der Waals surface area (Å²) in [7, 11) is 0. The molecule has 5 fully saturated rings. The van der Waals surface area contributed by atoms with Crippen molar-refractivity contribution in [1.29, 1.82) is 10.5 Å². The Morgan fingerprint density at radius 2 is 1.46 bits per heavy atom. The molecule has 5 saturated carbocycles. The van der Waals surface area contributed by atoms with Crippen LogP contribution < -0.4 is 0 Å². The second kappa shape index (κ2) is 7.73. The van der Waals surface area contributed by atoms with E-state index in [0.29, 0.717) is 46.3 Å². The van der Waals surface area contributed by atoms with Crippen LogP contribution in [0.5, 0.6) is 0 Å². The molecule has 0 radical (unpaired) electrons. The van der Waals surface area contributed by atoms with Crippen molar-refractivity contribution in [2.75, 3.05) is 0 Å². The molecular weight excluding hydrogens is 428 g/mol. The van der Waals surface area contributed by atoms with Gasteiger partial charge in [-0.25, -0.2) is 0 Å². The predicted molar refractivity (Wildman–Crippen MR) is 140 cm³/mol. The summed E-state index contributed by atoms with van der Waals surface area (Å²) < 4.78 is 0. The topological polar surface area (TPSA) is 67.8 Å². The second-order valence-corrected chi connectivity index (χ2v) is 15.6. The maximum Gasteiger partial charge on any atom is 0.0732 e. The Bertz CT molecular complexity index is 960. The third-order valence-corrected chi connectivity index (χ3v) is 14.5. The van der Waals surface area contributed by atoms with Crippen LogP contribution in [0.4, 0.5) is 0 Å². The van der Waals surface area contributed by atoms with Crippen LogP contribution in [-0.2, 0) is 0 Å². The lowest BCUT2D eigenvalue weighted by Gasteiger charge is -2.74. The molecule has 0 aromatic heterocycles. The molecule has 3 heteroatoms. The van der Waals surface area contributed by atoms with Crippen molar-refractivity contribution in [1.82, 2.24) is 0 Å². The average molecular weight is 479 g/mol. The molecule has 194 valence electrons. The lowest BCUT2D eigenvalue weighted by atomic mass is 9.31. The lowest BCUT2D eigenvalue weighted by Crippen LogP contribution is -2.67. The van der Waals surface area contributed by atoms with Gasteiger partial charge >= 0.3 is 0 Å².